The molecule has 0 bridgehead atoms. The number of hydrogen-bond acceptors (Lipinski definition) is 5. The average molecular weight is 283 g/mol. The molecule has 5 nitrogen and oxygen atoms in total. The molecule has 1 aromatic rings. The van der Waals surface area contributed by atoms with Crippen LogP contribution in [0.15, 0.2) is 23.2 Å². The van der Waals surface area contributed by atoms with Crippen molar-refractivity contribution in [1.82, 2.24) is 10.3 Å². The molecule has 1 N–H and O–H groups in total. The van der Waals surface area contributed by atoms with Crippen molar-refractivity contribution in [2.75, 3.05) is 37.8 Å². The molecule has 19 heavy (non-hydrogen) atoms. The summed E-state index contributed by atoms with van der Waals surface area (Å²) in [7, 11) is -1.29. The van der Waals surface area contributed by atoms with Crippen LogP contribution in [0.5, 0.6) is 0 Å². The van der Waals surface area contributed by atoms with Gasteiger partial charge >= 0.3 is 0 Å². The predicted molar refractivity (Wildman–Crippen MR) is 76.2 cm³/mol. The van der Waals surface area contributed by atoms with Crippen LogP contribution in [0.1, 0.15) is 12.8 Å². The van der Waals surface area contributed by atoms with Crippen LogP contribution in [-0.2, 0) is 9.84 Å². The second-order valence-corrected chi connectivity index (χ2v) is 7.09. The molecule has 0 amide bonds. The number of piperidine rings is 1. The zero-order chi connectivity index (χ0) is 13.9. The highest BCUT2D eigenvalue weighted by Gasteiger charge is 2.24. The Labute approximate surface area is 114 Å². The van der Waals surface area contributed by atoms with Gasteiger partial charge in [-0.3, -0.25) is 0 Å². The molecule has 1 atom stereocenters. The molecule has 1 aliphatic rings. The first-order valence-electron chi connectivity index (χ1n) is 6.57. The lowest BCUT2D eigenvalue weighted by atomic mass is 9.98. The van der Waals surface area contributed by atoms with Gasteiger partial charge < -0.3 is 10.2 Å². The summed E-state index contributed by atoms with van der Waals surface area (Å²) in [5, 5.41) is 3.19. The second kappa shape index (κ2) is 5.88. The Morgan fingerprint density at radius 1 is 1.53 bits per heavy atom. The van der Waals surface area contributed by atoms with Gasteiger partial charge in [0.2, 0.25) is 0 Å². The van der Waals surface area contributed by atoms with Crippen molar-refractivity contribution in [3.8, 4) is 0 Å². The van der Waals surface area contributed by atoms with E-state index in [0.717, 1.165) is 26.1 Å². The Morgan fingerprint density at radius 2 is 2.32 bits per heavy atom. The number of anilines is 1. The van der Waals surface area contributed by atoms with E-state index in [0.29, 0.717) is 16.6 Å². The molecule has 0 aromatic carbocycles. The minimum atomic E-state index is -3.23. The van der Waals surface area contributed by atoms with Gasteiger partial charge in [-0.25, -0.2) is 13.4 Å². The number of sulfone groups is 1. The number of pyridine rings is 1. The normalized spacial score (nSPS) is 20.5. The third kappa shape index (κ3) is 3.45. The van der Waals surface area contributed by atoms with Gasteiger partial charge in [-0.1, -0.05) is 0 Å². The van der Waals surface area contributed by atoms with Gasteiger partial charge in [-0.05, 0) is 44.5 Å². The summed E-state index contributed by atoms with van der Waals surface area (Å²) in [6, 6.07) is 3.31. The number of nitrogens with zero attached hydrogens (tertiary/aromatic N) is 2. The first kappa shape index (κ1) is 14.3. The Morgan fingerprint density at radius 3 is 3.00 bits per heavy atom. The molecule has 1 aliphatic heterocycles. The summed E-state index contributed by atoms with van der Waals surface area (Å²) in [4.78, 5) is 6.72. The molecule has 0 radical (unpaired) electrons. The highest BCUT2D eigenvalue weighted by atomic mass is 32.2. The lowest BCUT2D eigenvalue weighted by Gasteiger charge is -2.34. The van der Waals surface area contributed by atoms with Crippen LogP contribution < -0.4 is 10.2 Å². The summed E-state index contributed by atoms with van der Waals surface area (Å²) in [5.74, 6) is 1.15. The van der Waals surface area contributed by atoms with Crippen molar-refractivity contribution in [2.24, 2.45) is 5.92 Å². The van der Waals surface area contributed by atoms with Crippen LogP contribution in [0.2, 0.25) is 0 Å². The van der Waals surface area contributed by atoms with Crippen LogP contribution in [0, 0.1) is 5.92 Å². The van der Waals surface area contributed by atoms with Gasteiger partial charge in [0.1, 0.15) is 10.7 Å². The minimum Gasteiger partial charge on any atom is -0.355 e. The van der Waals surface area contributed by atoms with Gasteiger partial charge in [-0.2, -0.15) is 0 Å². The lowest BCUT2D eigenvalue weighted by molar-refractivity contribution is 0.400. The first-order chi connectivity index (χ1) is 9.02. The van der Waals surface area contributed by atoms with E-state index in [4.69, 9.17) is 0 Å². The van der Waals surface area contributed by atoms with Crippen molar-refractivity contribution in [3.05, 3.63) is 18.3 Å². The molecule has 6 heteroatoms. The van der Waals surface area contributed by atoms with E-state index in [-0.39, 0.29) is 0 Å². The van der Waals surface area contributed by atoms with Crippen LogP contribution in [0.3, 0.4) is 0 Å². The van der Waals surface area contributed by atoms with Crippen LogP contribution >= 0.6 is 0 Å². The number of nitrogens with one attached hydrogen (secondary N) is 1. The van der Waals surface area contributed by atoms with Gasteiger partial charge in [0.05, 0.1) is 0 Å². The van der Waals surface area contributed by atoms with E-state index in [1.807, 2.05) is 7.05 Å². The summed E-state index contributed by atoms with van der Waals surface area (Å²) in [6.45, 7) is 2.69. The molecule has 0 aliphatic carbocycles. The molecule has 2 heterocycles. The first-order valence-corrected chi connectivity index (χ1v) is 8.46. The molecule has 2 rings (SSSR count). The van der Waals surface area contributed by atoms with E-state index in [1.54, 1.807) is 18.3 Å². The molecule has 1 saturated heterocycles. The van der Waals surface area contributed by atoms with E-state index in [1.165, 1.54) is 12.7 Å². The summed E-state index contributed by atoms with van der Waals surface area (Å²) in [6.07, 6.45) is 5.15. The second-order valence-electron chi connectivity index (χ2n) is 5.11. The lowest BCUT2D eigenvalue weighted by Crippen LogP contribution is -2.40. The Kier molecular flexibility index (Phi) is 4.42. The van der Waals surface area contributed by atoms with Crippen molar-refractivity contribution in [2.45, 2.75) is 17.7 Å². The zero-order valence-corrected chi connectivity index (χ0v) is 12.3. The molecular formula is C13H21N3O2S. The molecule has 1 fully saturated rings. The Bertz CT molecular complexity index is 528. The van der Waals surface area contributed by atoms with Crippen LogP contribution in [0.25, 0.3) is 0 Å². The smallest absolute Gasteiger partial charge is 0.179 e. The van der Waals surface area contributed by atoms with E-state index < -0.39 is 9.84 Å². The van der Waals surface area contributed by atoms with Crippen LogP contribution in [-0.4, -0.2) is 46.3 Å². The monoisotopic (exact) mass is 283 g/mol. The Hall–Kier alpha value is -1.14. The SMILES string of the molecule is CNCC1CCCN(c2ncccc2S(C)(=O)=O)C1. The van der Waals surface area contributed by atoms with Crippen LogP contribution in [0.4, 0.5) is 5.82 Å². The highest BCUT2D eigenvalue weighted by molar-refractivity contribution is 7.90. The number of rotatable bonds is 4. The fourth-order valence-corrected chi connectivity index (χ4v) is 3.46. The molecule has 106 valence electrons. The van der Waals surface area contributed by atoms with Gasteiger partial charge in [-0.15, -0.1) is 0 Å². The maximum atomic E-state index is 11.8. The van der Waals surface area contributed by atoms with Crippen molar-refractivity contribution < 1.29 is 8.42 Å². The van der Waals surface area contributed by atoms with Gasteiger partial charge in [0.15, 0.2) is 9.84 Å². The molecule has 1 aromatic heterocycles. The summed E-state index contributed by atoms with van der Waals surface area (Å²) < 4.78 is 23.6. The molecule has 0 spiro atoms. The standard InChI is InChI=1S/C13H21N3O2S/c1-14-9-11-5-4-8-16(10-11)13-12(19(2,17)18)6-3-7-15-13/h3,6-7,11,14H,4-5,8-10H2,1-2H3. The van der Waals surface area contributed by atoms with E-state index in [2.05, 4.69) is 15.2 Å². The third-order valence-corrected chi connectivity index (χ3v) is 4.58. The Balaban J connectivity index is 2.27. The quantitative estimate of drug-likeness (QED) is 0.890. The maximum absolute atomic E-state index is 11.8. The van der Waals surface area contributed by atoms with Crippen molar-refractivity contribution in [3.63, 3.8) is 0 Å². The minimum absolute atomic E-state index is 0.333. The van der Waals surface area contributed by atoms with Crippen molar-refractivity contribution in [1.29, 1.82) is 0 Å². The predicted octanol–water partition coefficient (Wildman–Crippen LogP) is 0.921. The molecule has 1 unspecified atom stereocenters. The topological polar surface area (TPSA) is 62.3 Å². The van der Waals surface area contributed by atoms with Gasteiger partial charge in [0.25, 0.3) is 0 Å². The number of hydrogen-bond donors (Lipinski definition) is 1. The fraction of sp³-hybridized carbons (Fsp3) is 0.615. The average Bonchev–Trinajstić information content (AvgIpc) is 2.38. The van der Waals surface area contributed by atoms with Gasteiger partial charge in [0, 0.05) is 25.5 Å². The molecular weight excluding hydrogens is 262 g/mol. The largest absolute Gasteiger partial charge is 0.355 e. The van der Waals surface area contributed by atoms with E-state index >= 15 is 0 Å². The highest BCUT2D eigenvalue weighted by Crippen LogP contribution is 2.26. The van der Waals surface area contributed by atoms with E-state index in [9.17, 15) is 8.42 Å². The molecule has 0 saturated carbocycles. The summed E-state index contributed by atoms with van der Waals surface area (Å²) in [5.41, 5.74) is 0. The summed E-state index contributed by atoms with van der Waals surface area (Å²) >= 11 is 0. The fourth-order valence-electron chi connectivity index (χ4n) is 2.62. The maximum Gasteiger partial charge on any atom is 0.179 e. The zero-order valence-electron chi connectivity index (χ0n) is 11.5. The third-order valence-electron chi connectivity index (χ3n) is 3.46. The van der Waals surface area contributed by atoms with Crippen molar-refractivity contribution >= 4 is 15.7 Å². The number of aromatic nitrogens is 1.